The van der Waals surface area contributed by atoms with Crippen molar-refractivity contribution in [3.8, 4) is 0 Å². The fourth-order valence-electron chi connectivity index (χ4n) is 1.77. The summed E-state index contributed by atoms with van der Waals surface area (Å²) in [5.74, 6) is -0.641. The van der Waals surface area contributed by atoms with Gasteiger partial charge >= 0.3 is 5.97 Å². The first kappa shape index (κ1) is 16.4. The van der Waals surface area contributed by atoms with Gasteiger partial charge in [-0.25, -0.2) is 4.79 Å². The predicted molar refractivity (Wildman–Crippen MR) is 88.8 cm³/mol. The summed E-state index contributed by atoms with van der Waals surface area (Å²) < 4.78 is 0. The molecule has 0 saturated heterocycles. The van der Waals surface area contributed by atoms with Crippen LogP contribution in [-0.2, 0) is 4.79 Å². The summed E-state index contributed by atoms with van der Waals surface area (Å²) in [6, 6.07) is 14.2. The highest BCUT2D eigenvalue weighted by molar-refractivity contribution is 7.99. The minimum atomic E-state index is -1.12. The van der Waals surface area contributed by atoms with E-state index in [1.165, 1.54) is 12.1 Å². The SMILES string of the molecule is O=C(CCSc1ccccc1)Nc1ccc(Cl)c(C(=O)O)c1. The van der Waals surface area contributed by atoms with Crippen molar-refractivity contribution in [2.24, 2.45) is 0 Å². The number of thioether (sulfide) groups is 1. The van der Waals surface area contributed by atoms with E-state index in [1.54, 1.807) is 17.8 Å². The quantitative estimate of drug-likeness (QED) is 0.778. The van der Waals surface area contributed by atoms with Crippen molar-refractivity contribution in [1.82, 2.24) is 0 Å². The number of carbonyl (C=O) groups excluding carboxylic acids is 1. The molecule has 0 unspecified atom stereocenters. The number of hydrogen-bond donors (Lipinski definition) is 2. The molecular weight excluding hydrogens is 322 g/mol. The van der Waals surface area contributed by atoms with Crippen LogP contribution in [0.1, 0.15) is 16.8 Å². The molecule has 0 aromatic heterocycles. The number of nitrogens with one attached hydrogen (secondary N) is 1. The lowest BCUT2D eigenvalue weighted by molar-refractivity contribution is -0.115. The number of carboxylic acids is 1. The van der Waals surface area contributed by atoms with E-state index in [4.69, 9.17) is 16.7 Å². The maximum atomic E-state index is 11.9. The second-order valence-electron chi connectivity index (χ2n) is 4.46. The minimum Gasteiger partial charge on any atom is -0.478 e. The fraction of sp³-hybridized carbons (Fsp3) is 0.125. The van der Waals surface area contributed by atoms with Crippen molar-refractivity contribution in [2.75, 3.05) is 11.1 Å². The topological polar surface area (TPSA) is 66.4 Å². The summed E-state index contributed by atoms with van der Waals surface area (Å²) in [6.07, 6.45) is 0.338. The summed E-state index contributed by atoms with van der Waals surface area (Å²) in [5, 5.41) is 11.8. The Labute approximate surface area is 137 Å². The molecule has 0 saturated carbocycles. The average Bonchev–Trinajstić information content (AvgIpc) is 2.50. The van der Waals surface area contributed by atoms with Gasteiger partial charge in [-0.05, 0) is 30.3 Å². The molecule has 2 aromatic rings. The summed E-state index contributed by atoms with van der Waals surface area (Å²) >= 11 is 7.38. The highest BCUT2D eigenvalue weighted by atomic mass is 35.5. The molecule has 0 heterocycles. The van der Waals surface area contributed by atoms with E-state index in [-0.39, 0.29) is 16.5 Å². The fourth-order valence-corrected chi connectivity index (χ4v) is 2.84. The molecule has 114 valence electrons. The van der Waals surface area contributed by atoms with Crippen LogP contribution in [0.15, 0.2) is 53.4 Å². The zero-order valence-electron chi connectivity index (χ0n) is 11.6. The highest BCUT2D eigenvalue weighted by Crippen LogP contribution is 2.21. The molecule has 0 fully saturated rings. The second-order valence-corrected chi connectivity index (χ2v) is 6.03. The van der Waals surface area contributed by atoms with Gasteiger partial charge in [0.05, 0.1) is 10.6 Å². The summed E-state index contributed by atoms with van der Waals surface area (Å²) in [4.78, 5) is 24.0. The lowest BCUT2D eigenvalue weighted by Crippen LogP contribution is -2.12. The van der Waals surface area contributed by atoms with Crippen LogP contribution in [0.4, 0.5) is 5.69 Å². The molecule has 0 atom stereocenters. The van der Waals surface area contributed by atoms with Gasteiger partial charge in [-0.1, -0.05) is 29.8 Å². The number of anilines is 1. The van der Waals surface area contributed by atoms with Gasteiger partial charge in [0.25, 0.3) is 0 Å². The highest BCUT2D eigenvalue weighted by Gasteiger charge is 2.10. The van der Waals surface area contributed by atoms with Gasteiger partial charge in [-0.3, -0.25) is 4.79 Å². The van der Waals surface area contributed by atoms with Crippen molar-refractivity contribution in [1.29, 1.82) is 0 Å². The number of hydrogen-bond acceptors (Lipinski definition) is 3. The van der Waals surface area contributed by atoms with Crippen LogP contribution in [-0.4, -0.2) is 22.7 Å². The molecule has 0 aliphatic carbocycles. The molecule has 1 amide bonds. The van der Waals surface area contributed by atoms with Crippen LogP contribution < -0.4 is 5.32 Å². The molecule has 2 aromatic carbocycles. The van der Waals surface area contributed by atoms with Gasteiger partial charge in [-0.15, -0.1) is 11.8 Å². The second kappa shape index (κ2) is 7.87. The van der Waals surface area contributed by atoms with E-state index in [9.17, 15) is 9.59 Å². The van der Waals surface area contributed by atoms with Gasteiger partial charge in [0.2, 0.25) is 5.91 Å². The first-order valence-corrected chi connectivity index (χ1v) is 7.93. The molecule has 6 heteroatoms. The van der Waals surface area contributed by atoms with Crippen molar-refractivity contribution in [2.45, 2.75) is 11.3 Å². The predicted octanol–water partition coefficient (Wildman–Crippen LogP) is 4.16. The van der Waals surface area contributed by atoms with Crippen molar-refractivity contribution in [3.05, 3.63) is 59.1 Å². The maximum Gasteiger partial charge on any atom is 0.337 e. The number of aromatic carboxylic acids is 1. The van der Waals surface area contributed by atoms with Gasteiger partial charge in [-0.2, -0.15) is 0 Å². The number of halogens is 1. The third-order valence-corrected chi connectivity index (χ3v) is 4.16. The molecule has 0 radical (unpaired) electrons. The van der Waals surface area contributed by atoms with Crippen molar-refractivity contribution in [3.63, 3.8) is 0 Å². The first-order chi connectivity index (χ1) is 10.6. The molecule has 2 rings (SSSR count). The number of carboxylic acid groups (broad SMARTS) is 1. The average molecular weight is 336 g/mol. The Hall–Kier alpha value is -1.98. The van der Waals surface area contributed by atoms with E-state index >= 15 is 0 Å². The minimum absolute atomic E-state index is 0.0295. The van der Waals surface area contributed by atoms with Crippen LogP contribution >= 0.6 is 23.4 Å². The van der Waals surface area contributed by atoms with E-state index in [0.29, 0.717) is 17.9 Å². The molecule has 0 spiro atoms. The smallest absolute Gasteiger partial charge is 0.337 e. The Morgan fingerprint density at radius 1 is 1.14 bits per heavy atom. The van der Waals surface area contributed by atoms with Crippen LogP contribution in [0.5, 0.6) is 0 Å². The summed E-state index contributed by atoms with van der Waals surface area (Å²) in [5.41, 5.74) is 0.398. The number of benzene rings is 2. The van der Waals surface area contributed by atoms with Crippen LogP contribution in [0, 0.1) is 0 Å². The normalized spacial score (nSPS) is 10.2. The molecule has 0 bridgehead atoms. The van der Waals surface area contributed by atoms with Gasteiger partial charge in [0.15, 0.2) is 0 Å². The summed E-state index contributed by atoms with van der Waals surface area (Å²) in [7, 11) is 0. The van der Waals surface area contributed by atoms with Gasteiger partial charge < -0.3 is 10.4 Å². The lowest BCUT2D eigenvalue weighted by atomic mass is 10.2. The zero-order chi connectivity index (χ0) is 15.9. The largest absolute Gasteiger partial charge is 0.478 e. The monoisotopic (exact) mass is 335 g/mol. The molecule has 0 aliphatic heterocycles. The Morgan fingerprint density at radius 3 is 2.55 bits per heavy atom. The summed E-state index contributed by atoms with van der Waals surface area (Å²) in [6.45, 7) is 0. The molecule has 0 aliphatic rings. The van der Waals surface area contributed by atoms with Crippen LogP contribution in [0.3, 0.4) is 0 Å². The Balaban J connectivity index is 1.87. The van der Waals surface area contributed by atoms with Crippen molar-refractivity contribution < 1.29 is 14.7 Å². The Bertz CT molecular complexity index is 676. The van der Waals surface area contributed by atoms with E-state index in [0.717, 1.165) is 4.90 Å². The third-order valence-electron chi connectivity index (χ3n) is 2.82. The van der Waals surface area contributed by atoms with Gasteiger partial charge in [0.1, 0.15) is 0 Å². The molecule has 22 heavy (non-hydrogen) atoms. The molecule has 4 nitrogen and oxygen atoms in total. The molecule has 2 N–H and O–H groups in total. The lowest BCUT2D eigenvalue weighted by Gasteiger charge is -2.07. The van der Waals surface area contributed by atoms with Crippen LogP contribution in [0.25, 0.3) is 0 Å². The Kier molecular flexibility index (Phi) is 5.86. The number of amides is 1. The maximum absolute atomic E-state index is 11.9. The van der Waals surface area contributed by atoms with Crippen LogP contribution in [0.2, 0.25) is 5.02 Å². The number of rotatable bonds is 6. The van der Waals surface area contributed by atoms with E-state index in [2.05, 4.69) is 5.32 Å². The van der Waals surface area contributed by atoms with Gasteiger partial charge in [0, 0.05) is 22.8 Å². The van der Waals surface area contributed by atoms with E-state index < -0.39 is 5.97 Å². The standard InChI is InChI=1S/C16H14ClNO3S/c17-14-7-6-11(10-13(14)16(20)21)18-15(19)8-9-22-12-4-2-1-3-5-12/h1-7,10H,8-9H2,(H,18,19)(H,20,21). The Morgan fingerprint density at radius 2 is 1.86 bits per heavy atom. The van der Waals surface area contributed by atoms with Crippen molar-refractivity contribution >= 4 is 40.9 Å². The molecular formula is C16H14ClNO3S. The zero-order valence-corrected chi connectivity index (χ0v) is 13.2. The van der Waals surface area contributed by atoms with E-state index in [1.807, 2.05) is 30.3 Å². The first-order valence-electron chi connectivity index (χ1n) is 6.57. The number of carbonyl (C=O) groups is 2. The third kappa shape index (κ3) is 4.79.